The molecule has 2 N–H and O–H groups in total. The second-order valence-corrected chi connectivity index (χ2v) is 4.54. The van der Waals surface area contributed by atoms with Crippen LogP contribution >= 0.6 is 0 Å². The highest BCUT2D eigenvalue weighted by Gasteiger charge is 2.10. The highest BCUT2D eigenvalue weighted by atomic mass is 16.5. The molecule has 102 valence electrons. The fourth-order valence-corrected chi connectivity index (χ4v) is 1.90. The SMILES string of the molecule is CC(C)OCCn1c(=O)[nH]c2cc(C(=O)O)ccc21. The van der Waals surface area contributed by atoms with Crippen LogP contribution in [0.1, 0.15) is 24.2 Å². The minimum Gasteiger partial charge on any atom is -0.478 e. The van der Waals surface area contributed by atoms with Crippen molar-refractivity contribution in [3.8, 4) is 0 Å². The summed E-state index contributed by atoms with van der Waals surface area (Å²) in [6.07, 6.45) is 0.111. The maximum Gasteiger partial charge on any atom is 0.335 e. The van der Waals surface area contributed by atoms with Crippen LogP contribution in [0.5, 0.6) is 0 Å². The number of ether oxygens (including phenoxy) is 1. The Morgan fingerprint density at radius 3 is 2.84 bits per heavy atom. The van der Waals surface area contributed by atoms with E-state index in [9.17, 15) is 9.59 Å². The Balaban J connectivity index is 2.32. The molecule has 0 aliphatic rings. The number of carboxylic acid groups (broad SMARTS) is 1. The first-order chi connectivity index (χ1) is 8.99. The number of imidazole rings is 1. The Bertz CT molecular complexity index is 654. The van der Waals surface area contributed by atoms with Crippen molar-refractivity contribution in [3.05, 3.63) is 34.2 Å². The third-order valence-corrected chi connectivity index (χ3v) is 2.79. The van der Waals surface area contributed by atoms with Gasteiger partial charge in [0.25, 0.3) is 0 Å². The molecule has 6 heteroatoms. The average molecular weight is 264 g/mol. The normalized spacial score (nSPS) is 11.3. The summed E-state index contributed by atoms with van der Waals surface area (Å²) in [7, 11) is 0. The van der Waals surface area contributed by atoms with Gasteiger partial charge in [0, 0.05) is 0 Å². The molecule has 0 amide bonds. The van der Waals surface area contributed by atoms with E-state index in [1.165, 1.54) is 12.1 Å². The van der Waals surface area contributed by atoms with Crippen LogP contribution in [-0.4, -0.2) is 33.3 Å². The van der Waals surface area contributed by atoms with Crippen molar-refractivity contribution in [1.82, 2.24) is 9.55 Å². The molecule has 0 aliphatic heterocycles. The average Bonchev–Trinajstić information content (AvgIpc) is 2.64. The fourth-order valence-electron chi connectivity index (χ4n) is 1.90. The lowest BCUT2D eigenvalue weighted by molar-refractivity contribution is 0.0696. The number of carbonyl (C=O) groups is 1. The molecule has 0 atom stereocenters. The maximum absolute atomic E-state index is 11.8. The van der Waals surface area contributed by atoms with Gasteiger partial charge in [0.1, 0.15) is 0 Å². The predicted molar refractivity (Wildman–Crippen MR) is 70.6 cm³/mol. The van der Waals surface area contributed by atoms with Crippen LogP contribution in [0.25, 0.3) is 11.0 Å². The molecular formula is C13H16N2O4. The van der Waals surface area contributed by atoms with Crippen molar-refractivity contribution in [1.29, 1.82) is 0 Å². The van der Waals surface area contributed by atoms with Gasteiger partial charge in [0.05, 0.1) is 35.9 Å². The first-order valence-corrected chi connectivity index (χ1v) is 6.06. The number of aromatic nitrogens is 2. The Morgan fingerprint density at radius 1 is 1.47 bits per heavy atom. The van der Waals surface area contributed by atoms with Crippen molar-refractivity contribution < 1.29 is 14.6 Å². The van der Waals surface area contributed by atoms with E-state index in [-0.39, 0.29) is 17.4 Å². The van der Waals surface area contributed by atoms with E-state index in [0.717, 1.165) is 0 Å². The fraction of sp³-hybridized carbons (Fsp3) is 0.385. The third kappa shape index (κ3) is 2.85. The summed E-state index contributed by atoms with van der Waals surface area (Å²) in [5.74, 6) is -1.02. The zero-order chi connectivity index (χ0) is 14.0. The number of nitrogens with zero attached hydrogens (tertiary/aromatic N) is 1. The van der Waals surface area contributed by atoms with Gasteiger partial charge >= 0.3 is 11.7 Å². The van der Waals surface area contributed by atoms with Gasteiger partial charge in [0.2, 0.25) is 0 Å². The van der Waals surface area contributed by atoms with Crippen LogP contribution in [0, 0.1) is 0 Å². The Hall–Kier alpha value is -2.08. The molecule has 1 aromatic heterocycles. The number of nitrogens with one attached hydrogen (secondary N) is 1. The number of fused-ring (bicyclic) bond motifs is 1. The number of aromatic carboxylic acids is 1. The van der Waals surface area contributed by atoms with E-state index >= 15 is 0 Å². The van der Waals surface area contributed by atoms with E-state index in [1.54, 1.807) is 10.6 Å². The summed E-state index contributed by atoms with van der Waals surface area (Å²) in [5.41, 5.74) is 1.10. The van der Waals surface area contributed by atoms with Crippen molar-refractivity contribution >= 4 is 17.0 Å². The van der Waals surface area contributed by atoms with Crippen molar-refractivity contribution in [2.75, 3.05) is 6.61 Å². The highest BCUT2D eigenvalue weighted by molar-refractivity contribution is 5.92. The molecule has 1 aromatic carbocycles. The topological polar surface area (TPSA) is 84.3 Å². The monoisotopic (exact) mass is 264 g/mol. The van der Waals surface area contributed by atoms with E-state index in [1.807, 2.05) is 13.8 Å². The number of carboxylic acids is 1. The van der Waals surface area contributed by atoms with Crippen LogP contribution < -0.4 is 5.69 Å². The number of benzene rings is 1. The van der Waals surface area contributed by atoms with Crippen LogP contribution in [0.2, 0.25) is 0 Å². The number of aromatic amines is 1. The number of hydrogen-bond acceptors (Lipinski definition) is 3. The maximum atomic E-state index is 11.8. The number of rotatable bonds is 5. The molecule has 0 bridgehead atoms. The van der Waals surface area contributed by atoms with Crippen LogP contribution in [0.3, 0.4) is 0 Å². The van der Waals surface area contributed by atoms with E-state index in [2.05, 4.69) is 4.98 Å². The van der Waals surface area contributed by atoms with Gasteiger partial charge in [-0.3, -0.25) is 4.57 Å². The zero-order valence-corrected chi connectivity index (χ0v) is 10.8. The van der Waals surface area contributed by atoms with Crippen LogP contribution in [-0.2, 0) is 11.3 Å². The Morgan fingerprint density at radius 2 is 2.21 bits per heavy atom. The molecule has 0 saturated heterocycles. The predicted octanol–water partition coefficient (Wildman–Crippen LogP) is 1.45. The van der Waals surface area contributed by atoms with E-state index < -0.39 is 5.97 Å². The molecule has 2 rings (SSSR count). The van der Waals surface area contributed by atoms with Gasteiger partial charge in [-0.05, 0) is 32.0 Å². The molecule has 0 fully saturated rings. The molecule has 0 spiro atoms. The number of hydrogen-bond donors (Lipinski definition) is 2. The summed E-state index contributed by atoms with van der Waals surface area (Å²) in [5, 5.41) is 8.90. The van der Waals surface area contributed by atoms with Gasteiger partial charge in [-0.2, -0.15) is 0 Å². The van der Waals surface area contributed by atoms with Gasteiger partial charge < -0.3 is 14.8 Å². The van der Waals surface area contributed by atoms with Gasteiger partial charge in [0.15, 0.2) is 0 Å². The largest absolute Gasteiger partial charge is 0.478 e. The summed E-state index contributed by atoms with van der Waals surface area (Å²) in [6, 6.07) is 4.57. The van der Waals surface area contributed by atoms with Crippen LogP contribution in [0.15, 0.2) is 23.0 Å². The minimum atomic E-state index is -1.02. The highest BCUT2D eigenvalue weighted by Crippen LogP contribution is 2.13. The molecule has 0 aliphatic carbocycles. The van der Waals surface area contributed by atoms with Gasteiger partial charge in [-0.1, -0.05) is 0 Å². The van der Waals surface area contributed by atoms with Gasteiger partial charge in [-0.25, -0.2) is 9.59 Å². The Labute approximate surface area is 109 Å². The first kappa shape index (κ1) is 13.4. The van der Waals surface area contributed by atoms with Gasteiger partial charge in [-0.15, -0.1) is 0 Å². The summed E-state index contributed by atoms with van der Waals surface area (Å²) < 4.78 is 6.96. The van der Waals surface area contributed by atoms with Crippen molar-refractivity contribution in [2.24, 2.45) is 0 Å². The molecule has 1 heterocycles. The van der Waals surface area contributed by atoms with Crippen molar-refractivity contribution in [3.63, 3.8) is 0 Å². The number of H-pyrrole nitrogens is 1. The Kier molecular flexibility index (Phi) is 3.71. The molecule has 0 radical (unpaired) electrons. The lowest BCUT2D eigenvalue weighted by Crippen LogP contribution is -2.20. The van der Waals surface area contributed by atoms with E-state index in [4.69, 9.17) is 9.84 Å². The molecule has 6 nitrogen and oxygen atoms in total. The standard InChI is InChI=1S/C13H16N2O4/c1-8(2)19-6-5-15-11-4-3-9(12(16)17)7-10(11)14-13(15)18/h3-4,7-8H,5-6H2,1-2H3,(H,14,18)(H,16,17). The van der Waals surface area contributed by atoms with Crippen LogP contribution in [0.4, 0.5) is 0 Å². The third-order valence-electron chi connectivity index (χ3n) is 2.79. The lowest BCUT2D eigenvalue weighted by atomic mass is 10.2. The second-order valence-electron chi connectivity index (χ2n) is 4.54. The molecule has 0 saturated carbocycles. The van der Waals surface area contributed by atoms with Crippen molar-refractivity contribution in [2.45, 2.75) is 26.5 Å². The van der Waals surface area contributed by atoms with E-state index in [0.29, 0.717) is 24.2 Å². The lowest BCUT2D eigenvalue weighted by Gasteiger charge is -2.08. The zero-order valence-electron chi connectivity index (χ0n) is 10.8. The summed E-state index contributed by atoms with van der Waals surface area (Å²) in [6.45, 7) is 4.73. The molecular weight excluding hydrogens is 248 g/mol. The summed E-state index contributed by atoms with van der Waals surface area (Å²) in [4.78, 5) is 25.3. The first-order valence-electron chi connectivity index (χ1n) is 6.06. The molecule has 0 unspecified atom stereocenters. The second kappa shape index (κ2) is 5.27. The summed E-state index contributed by atoms with van der Waals surface area (Å²) >= 11 is 0. The molecule has 19 heavy (non-hydrogen) atoms. The smallest absolute Gasteiger partial charge is 0.335 e. The quantitative estimate of drug-likeness (QED) is 0.856. The molecule has 2 aromatic rings. The minimum absolute atomic E-state index is 0.111.